The molecule has 5 rings (SSSR count). The summed E-state index contributed by atoms with van der Waals surface area (Å²) in [4.78, 5) is 19.4. The van der Waals surface area contributed by atoms with E-state index in [2.05, 4.69) is 15.5 Å². The average Bonchev–Trinajstić information content (AvgIpc) is 3.32. The molecule has 1 aliphatic heterocycles. The fourth-order valence-electron chi connectivity index (χ4n) is 4.04. The number of nitrogens with zero attached hydrogens (tertiary/aromatic N) is 3. The number of rotatable bonds is 4. The largest absolute Gasteiger partial charge is 0.334 e. The molecule has 0 radical (unpaired) electrons. The molecule has 0 bridgehead atoms. The molecule has 0 spiro atoms. The molecule has 2 amide bonds. The second kappa shape index (κ2) is 8.76. The number of hydrogen-bond acceptors (Lipinski definition) is 4. The van der Waals surface area contributed by atoms with E-state index < -0.39 is 6.04 Å². The highest BCUT2D eigenvalue weighted by molar-refractivity contribution is 6.31. The van der Waals surface area contributed by atoms with Gasteiger partial charge in [0.05, 0.1) is 17.3 Å². The maximum Gasteiger partial charge on any atom is 0.326 e. The van der Waals surface area contributed by atoms with Gasteiger partial charge in [-0.15, -0.1) is 0 Å². The first-order chi connectivity index (χ1) is 16.4. The molecule has 0 aliphatic carbocycles. The number of aromatic nitrogens is 2. The molecule has 4 aromatic rings. The first-order valence-corrected chi connectivity index (χ1v) is 11.0. The summed E-state index contributed by atoms with van der Waals surface area (Å²) in [6, 6.07) is 19.9. The number of benzene rings is 3. The summed E-state index contributed by atoms with van der Waals surface area (Å²) in [6.07, 6.45) is 0. The van der Waals surface area contributed by atoms with Crippen LogP contribution in [0.25, 0.3) is 17.0 Å². The Kier molecular flexibility index (Phi) is 5.63. The zero-order valence-electron chi connectivity index (χ0n) is 18.4. The number of hydrogen-bond donors (Lipinski definition) is 1. The third-order valence-electron chi connectivity index (χ3n) is 5.78. The molecule has 0 fully saturated rings. The Morgan fingerprint density at radius 3 is 2.47 bits per heavy atom. The fourth-order valence-corrected chi connectivity index (χ4v) is 4.16. The number of amides is 2. The molecule has 0 saturated heterocycles. The minimum absolute atomic E-state index is 0.265. The molecule has 1 unspecified atom stereocenters. The van der Waals surface area contributed by atoms with Gasteiger partial charge < -0.3 is 9.84 Å². The lowest BCUT2D eigenvalue weighted by Crippen LogP contribution is -2.46. The molecule has 170 valence electrons. The molecule has 1 atom stereocenters. The first kappa shape index (κ1) is 21.9. The molecular weight excluding hydrogens is 455 g/mol. The van der Waals surface area contributed by atoms with Gasteiger partial charge in [0.2, 0.25) is 5.82 Å². The molecule has 0 saturated carbocycles. The number of urea groups is 1. The van der Waals surface area contributed by atoms with Crippen LogP contribution in [-0.2, 0) is 0 Å². The maximum absolute atomic E-state index is 13.6. The number of nitrogens with one attached hydrogen (secondary N) is 1. The van der Waals surface area contributed by atoms with Crippen LogP contribution in [0.3, 0.4) is 0 Å². The van der Waals surface area contributed by atoms with Gasteiger partial charge in [-0.25, -0.2) is 9.18 Å². The number of halogens is 2. The van der Waals surface area contributed by atoms with Gasteiger partial charge in [-0.1, -0.05) is 59.2 Å². The summed E-state index contributed by atoms with van der Waals surface area (Å²) < 4.78 is 19.3. The van der Waals surface area contributed by atoms with E-state index in [0.717, 1.165) is 11.1 Å². The lowest BCUT2D eigenvalue weighted by Gasteiger charge is -2.35. The van der Waals surface area contributed by atoms with Crippen LogP contribution in [0.5, 0.6) is 0 Å². The van der Waals surface area contributed by atoms with Gasteiger partial charge in [-0.3, -0.25) is 4.90 Å². The van der Waals surface area contributed by atoms with Crippen molar-refractivity contribution in [2.24, 2.45) is 0 Å². The number of carbonyl (C=O) groups excluding carboxylic acids is 1. The predicted molar refractivity (Wildman–Crippen MR) is 129 cm³/mol. The summed E-state index contributed by atoms with van der Waals surface area (Å²) in [7, 11) is 0. The van der Waals surface area contributed by atoms with Crippen molar-refractivity contribution in [1.82, 2.24) is 15.5 Å². The van der Waals surface area contributed by atoms with E-state index >= 15 is 0 Å². The molecule has 34 heavy (non-hydrogen) atoms. The average molecular weight is 475 g/mol. The Hall–Kier alpha value is -3.97. The summed E-state index contributed by atoms with van der Waals surface area (Å²) in [5.74, 6) is 0.330. The van der Waals surface area contributed by atoms with Gasteiger partial charge in [0.25, 0.3) is 5.89 Å². The van der Waals surface area contributed by atoms with E-state index in [1.54, 1.807) is 29.2 Å². The second-order valence-electron chi connectivity index (χ2n) is 7.99. The highest BCUT2D eigenvalue weighted by Gasteiger charge is 2.36. The predicted octanol–water partition coefficient (Wildman–Crippen LogP) is 6.54. The molecule has 1 aliphatic rings. The van der Waals surface area contributed by atoms with Crippen LogP contribution >= 0.6 is 11.6 Å². The van der Waals surface area contributed by atoms with Crippen LogP contribution in [0.15, 0.2) is 83.0 Å². The number of allylic oxidation sites excluding steroid dienone is 1. The molecular formula is C26H20ClFN4O2. The number of aryl methyl sites for hydroxylation is 1. The first-order valence-electron chi connectivity index (χ1n) is 10.6. The van der Waals surface area contributed by atoms with Crippen molar-refractivity contribution in [3.05, 3.63) is 106 Å². The van der Waals surface area contributed by atoms with Crippen molar-refractivity contribution in [2.45, 2.75) is 19.9 Å². The zero-order chi connectivity index (χ0) is 23.8. The lowest BCUT2D eigenvalue weighted by atomic mass is 9.94. The van der Waals surface area contributed by atoms with Gasteiger partial charge in [-0.05, 0) is 55.3 Å². The maximum atomic E-state index is 13.6. The molecule has 6 nitrogen and oxygen atoms in total. The Morgan fingerprint density at radius 2 is 1.76 bits per heavy atom. The van der Waals surface area contributed by atoms with E-state index in [4.69, 9.17) is 16.1 Å². The summed E-state index contributed by atoms with van der Waals surface area (Å²) in [5, 5.41) is 7.77. The van der Waals surface area contributed by atoms with Crippen LogP contribution in [0.1, 0.15) is 30.0 Å². The summed E-state index contributed by atoms with van der Waals surface area (Å²) in [6.45, 7) is 3.69. The standard InChI is InChI=1S/C26H20ClFN4O2/c1-15-14-20(12-13-21(15)27)32-16(2)22(23(29-26(32)33)17-8-10-19(28)11-9-17)25-30-24(31-34-25)18-6-4-3-5-7-18/h3-14,23H,1-2H3,(H,29,33). The minimum atomic E-state index is -0.609. The van der Waals surface area contributed by atoms with Crippen LogP contribution in [0.2, 0.25) is 5.02 Å². The third-order valence-corrected chi connectivity index (χ3v) is 6.20. The minimum Gasteiger partial charge on any atom is -0.334 e. The SMILES string of the molecule is CC1=C(c2nc(-c3ccccc3)no2)C(c2ccc(F)cc2)NC(=O)N1c1ccc(Cl)c(C)c1. The van der Waals surface area contributed by atoms with Crippen molar-refractivity contribution >= 4 is 28.9 Å². The highest BCUT2D eigenvalue weighted by Crippen LogP contribution is 2.39. The van der Waals surface area contributed by atoms with E-state index in [1.807, 2.05) is 50.2 Å². The van der Waals surface area contributed by atoms with Crippen LogP contribution < -0.4 is 10.2 Å². The second-order valence-corrected chi connectivity index (χ2v) is 8.40. The Bertz CT molecular complexity index is 1400. The monoisotopic (exact) mass is 474 g/mol. The van der Waals surface area contributed by atoms with Crippen LogP contribution in [-0.4, -0.2) is 16.2 Å². The van der Waals surface area contributed by atoms with Crippen molar-refractivity contribution in [2.75, 3.05) is 4.90 Å². The fraction of sp³-hybridized carbons (Fsp3) is 0.115. The zero-order valence-corrected chi connectivity index (χ0v) is 19.2. The molecule has 8 heteroatoms. The molecule has 1 aromatic heterocycles. The van der Waals surface area contributed by atoms with Gasteiger partial charge in [0.1, 0.15) is 5.82 Å². The molecule has 3 aromatic carbocycles. The lowest BCUT2D eigenvalue weighted by molar-refractivity contribution is 0.244. The quantitative estimate of drug-likeness (QED) is 0.364. The van der Waals surface area contributed by atoms with Crippen molar-refractivity contribution in [1.29, 1.82) is 0 Å². The van der Waals surface area contributed by atoms with Crippen molar-refractivity contribution in [3.8, 4) is 11.4 Å². The van der Waals surface area contributed by atoms with Gasteiger partial charge >= 0.3 is 6.03 Å². The van der Waals surface area contributed by atoms with Crippen LogP contribution in [0, 0.1) is 12.7 Å². The summed E-state index contributed by atoms with van der Waals surface area (Å²) in [5.41, 5.74) is 4.21. The Balaban J connectivity index is 1.66. The molecule has 2 heterocycles. The smallest absolute Gasteiger partial charge is 0.326 e. The van der Waals surface area contributed by atoms with Gasteiger partial charge in [0, 0.05) is 16.3 Å². The van der Waals surface area contributed by atoms with Gasteiger partial charge in [-0.2, -0.15) is 4.98 Å². The van der Waals surface area contributed by atoms with Crippen LogP contribution in [0.4, 0.5) is 14.9 Å². The van der Waals surface area contributed by atoms with E-state index in [1.165, 1.54) is 12.1 Å². The van der Waals surface area contributed by atoms with Crippen molar-refractivity contribution in [3.63, 3.8) is 0 Å². The van der Waals surface area contributed by atoms with Crippen molar-refractivity contribution < 1.29 is 13.7 Å². The Labute approximate surface area is 200 Å². The highest BCUT2D eigenvalue weighted by atomic mass is 35.5. The normalized spacial score (nSPS) is 16.1. The number of carbonyl (C=O) groups is 1. The third kappa shape index (κ3) is 3.95. The van der Waals surface area contributed by atoms with E-state index in [0.29, 0.717) is 33.4 Å². The summed E-state index contributed by atoms with van der Waals surface area (Å²) >= 11 is 6.20. The van der Waals surface area contributed by atoms with E-state index in [9.17, 15) is 9.18 Å². The molecule has 1 N–H and O–H groups in total. The van der Waals surface area contributed by atoms with E-state index in [-0.39, 0.29) is 17.7 Å². The Morgan fingerprint density at radius 1 is 1.03 bits per heavy atom. The van der Waals surface area contributed by atoms with Gasteiger partial charge in [0.15, 0.2) is 0 Å². The number of anilines is 1. The topological polar surface area (TPSA) is 71.3 Å².